The second-order valence-corrected chi connectivity index (χ2v) is 7.14. The second kappa shape index (κ2) is 7.83. The summed E-state index contributed by atoms with van der Waals surface area (Å²) in [5, 5.41) is 12.3. The number of halogens is 2. The third-order valence-electron chi connectivity index (χ3n) is 3.34. The molecule has 1 fully saturated rings. The first-order valence-corrected chi connectivity index (χ1v) is 8.83. The molecule has 3 rings (SSSR count). The lowest BCUT2D eigenvalue weighted by atomic mass is 10.1. The summed E-state index contributed by atoms with van der Waals surface area (Å²) in [6, 6.07) is 14.8. The summed E-state index contributed by atoms with van der Waals surface area (Å²) in [7, 11) is 0. The molecule has 0 bridgehead atoms. The van der Waals surface area contributed by atoms with Crippen LogP contribution in [-0.2, 0) is 11.2 Å². The normalized spacial score (nSPS) is 19.2. The van der Waals surface area contributed by atoms with Crippen molar-refractivity contribution in [3.05, 3.63) is 69.7 Å². The number of hydrogen-bond acceptors (Lipinski definition) is 4. The lowest BCUT2D eigenvalue weighted by Crippen LogP contribution is -2.25. The molecular formula is C17H13Cl2N3OS. The molecule has 0 radical (unpaired) electrons. The van der Waals surface area contributed by atoms with Gasteiger partial charge in [-0.3, -0.25) is 4.79 Å². The highest BCUT2D eigenvalue weighted by Gasteiger charge is 2.30. The predicted molar refractivity (Wildman–Crippen MR) is 101 cm³/mol. The first-order chi connectivity index (χ1) is 11.6. The average Bonchev–Trinajstić information content (AvgIpc) is 2.89. The van der Waals surface area contributed by atoms with Gasteiger partial charge in [-0.2, -0.15) is 5.10 Å². The lowest BCUT2D eigenvalue weighted by Gasteiger charge is -2.05. The molecule has 122 valence electrons. The molecule has 24 heavy (non-hydrogen) atoms. The van der Waals surface area contributed by atoms with Crippen LogP contribution < -0.4 is 5.32 Å². The lowest BCUT2D eigenvalue weighted by molar-refractivity contribution is -0.118. The molecular weight excluding hydrogens is 365 g/mol. The minimum absolute atomic E-state index is 0.0772. The molecule has 0 spiro atoms. The number of benzene rings is 2. The zero-order valence-electron chi connectivity index (χ0n) is 12.4. The molecule has 2 aromatic rings. The first-order valence-electron chi connectivity index (χ1n) is 7.19. The SMILES string of the molecule is O=C1N/C(=N/N=C\c2ccccc2Cl)S[C@H]1Cc1cccc(Cl)c1. The summed E-state index contributed by atoms with van der Waals surface area (Å²) in [6.45, 7) is 0. The molecule has 0 saturated carbocycles. The highest BCUT2D eigenvalue weighted by Crippen LogP contribution is 2.24. The van der Waals surface area contributed by atoms with Crippen LogP contribution in [0.15, 0.2) is 58.7 Å². The monoisotopic (exact) mass is 377 g/mol. The van der Waals surface area contributed by atoms with E-state index in [1.54, 1.807) is 12.3 Å². The topological polar surface area (TPSA) is 53.8 Å². The average molecular weight is 378 g/mol. The Morgan fingerprint density at radius 3 is 2.79 bits per heavy atom. The van der Waals surface area contributed by atoms with Crippen LogP contribution in [-0.4, -0.2) is 22.5 Å². The van der Waals surface area contributed by atoms with Gasteiger partial charge in [-0.05, 0) is 30.2 Å². The Morgan fingerprint density at radius 1 is 1.17 bits per heavy atom. The minimum atomic E-state index is -0.238. The number of carbonyl (C=O) groups excluding carboxylic acids is 1. The molecule has 0 aliphatic carbocycles. The van der Waals surface area contributed by atoms with Crippen molar-refractivity contribution in [2.75, 3.05) is 0 Å². The van der Waals surface area contributed by atoms with E-state index in [1.807, 2.05) is 42.5 Å². The molecule has 7 heteroatoms. The van der Waals surface area contributed by atoms with E-state index >= 15 is 0 Å². The van der Waals surface area contributed by atoms with Crippen LogP contribution in [0.25, 0.3) is 0 Å². The van der Waals surface area contributed by atoms with E-state index in [4.69, 9.17) is 23.2 Å². The third-order valence-corrected chi connectivity index (χ3v) is 4.99. The van der Waals surface area contributed by atoms with Crippen LogP contribution in [0.1, 0.15) is 11.1 Å². The number of carbonyl (C=O) groups is 1. The highest BCUT2D eigenvalue weighted by atomic mass is 35.5. The van der Waals surface area contributed by atoms with E-state index < -0.39 is 0 Å². The van der Waals surface area contributed by atoms with Gasteiger partial charge in [0.05, 0.1) is 11.5 Å². The van der Waals surface area contributed by atoms with Gasteiger partial charge >= 0.3 is 0 Å². The van der Waals surface area contributed by atoms with Gasteiger partial charge in [0, 0.05) is 15.6 Å². The number of amidine groups is 1. The van der Waals surface area contributed by atoms with Gasteiger partial charge in [0.2, 0.25) is 5.91 Å². The Morgan fingerprint density at radius 2 is 2.00 bits per heavy atom. The fourth-order valence-corrected chi connectivity index (χ4v) is 3.55. The number of nitrogens with one attached hydrogen (secondary N) is 1. The maximum absolute atomic E-state index is 12.0. The maximum Gasteiger partial charge on any atom is 0.239 e. The van der Waals surface area contributed by atoms with Crippen molar-refractivity contribution in [1.29, 1.82) is 0 Å². The largest absolute Gasteiger partial charge is 0.303 e. The van der Waals surface area contributed by atoms with Crippen LogP contribution in [0.2, 0.25) is 10.0 Å². The van der Waals surface area contributed by atoms with E-state index in [2.05, 4.69) is 15.5 Å². The second-order valence-electron chi connectivity index (χ2n) is 5.10. The van der Waals surface area contributed by atoms with Crippen molar-refractivity contribution in [3.8, 4) is 0 Å². The zero-order chi connectivity index (χ0) is 16.9. The Labute approximate surface area is 154 Å². The Kier molecular flexibility index (Phi) is 5.56. The summed E-state index contributed by atoms with van der Waals surface area (Å²) in [4.78, 5) is 12.0. The molecule has 1 atom stereocenters. The zero-order valence-corrected chi connectivity index (χ0v) is 14.8. The van der Waals surface area contributed by atoms with E-state index in [0.29, 0.717) is 21.6 Å². The quantitative estimate of drug-likeness (QED) is 0.642. The van der Waals surface area contributed by atoms with Crippen LogP contribution in [0.5, 0.6) is 0 Å². The van der Waals surface area contributed by atoms with Crippen molar-refractivity contribution in [2.45, 2.75) is 11.7 Å². The van der Waals surface area contributed by atoms with E-state index in [1.165, 1.54) is 11.8 Å². The molecule has 1 heterocycles. The van der Waals surface area contributed by atoms with Crippen molar-refractivity contribution in [3.63, 3.8) is 0 Å². The minimum Gasteiger partial charge on any atom is -0.303 e. The van der Waals surface area contributed by atoms with Crippen LogP contribution in [0.3, 0.4) is 0 Å². The van der Waals surface area contributed by atoms with Gasteiger partial charge in [-0.25, -0.2) is 0 Å². The van der Waals surface area contributed by atoms with Crippen LogP contribution in [0, 0.1) is 0 Å². The van der Waals surface area contributed by atoms with Gasteiger partial charge in [0.25, 0.3) is 0 Å². The highest BCUT2D eigenvalue weighted by molar-refractivity contribution is 8.15. The smallest absolute Gasteiger partial charge is 0.239 e. The van der Waals surface area contributed by atoms with Gasteiger partial charge in [-0.15, -0.1) is 5.10 Å². The molecule has 1 aliphatic heterocycles. The molecule has 1 aliphatic rings. The number of nitrogens with zero attached hydrogens (tertiary/aromatic N) is 2. The number of amides is 1. The summed E-state index contributed by atoms with van der Waals surface area (Å²) < 4.78 is 0. The van der Waals surface area contributed by atoms with Crippen molar-refractivity contribution >= 4 is 52.3 Å². The van der Waals surface area contributed by atoms with Crippen molar-refractivity contribution in [2.24, 2.45) is 10.2 Å². The standard InChI is InChI=1S/C17H13Cl2N3OS/c18-13-6-3-4-11(8-13)9-15-16(23)21-17(24-15)22-20-10-12-5-1-2-7-14(12)19/h1-8,10,15H,9H2,(H,21,22,23)/b20-10-/t15-/m0/s1. The molecule has 1 saturated heterocycles. The molecule has 2 aromatic carbocycles. The van der Waals surface area contributed by atoms with E-state index in [9.17, 15) is 4.79 Å². The number of rotatable bonds is 4. The summed E-state index contributed by atoms with van der Waals surface area (Å²) in [5.74, 6) is -0.0772. The van der Waals surface area contributed by atoms with Crippen molar-refractivity contribution in [1.82, 2.24) is 5.32 Å². The Bertz CT molecular complexity index is 823. The van der Waals surface area contributed by atoms with E-state index in [-0.39, 0.29) is 11.2 Å². The van der Waals surface area contributed by atoms with Gasteiger partial charge in [0.1, 0.15) is 0 Å². The van der Waals surface area contributed by atoms with Gasteiger partial charge in [0.15, 0.2) is 5.17 Å². The Balaban J connectivity index is 1.65. The first kappa shape index (κ1) is 17.0. The fourth-order valence-electron chi connectivity index (χ4n) is 2.19. The van der Waals surface area contributed by atoms with Crippen molar-refractivity contribution < 1.29 is 4.79 Å². The molecule has 1 N–H and O–H groups in total. The van der Waals surface area contributed by atoms with E-state index in [0.717, 1.165) is 11.1 Å². The number of hydrogen-bond donors (Lipinski definition) is 1. The van der Waals surface area contributed by atoms with Crippen LogP contribution in [0.4, 0.5) is 0 Å². The summed E-state index contributed by atoms with van der Waals surface area (Å²) in [5.41, 5.74) is 1.78. The molecule has 0 unspecified atom stereocenters. The third kappa shape index (κ3) is 4.38. The molecule has 1 amide bonds. The predicted octanol–water partition coefficient (Wildman–Crippen LogP) is 4.16. The molecule has 0 aromatic heterocycles. The van der Waals surface area contributed by atoms with Gasteiger partial charge in [-0.1, -0.05) is 65.3 Å². The maximum atomic E-state index is 12.0. The Hall–Kier alpha value is -1.82. The molecule has 4 nitrogen and oxygen atoms in total. The fraction of sp³-hybridized carbons (Fsp3) is 0.118. The summed E-state index contributed by atoms with van der Waals surface area (Å²) >= 11 is 13.4. The summed E-state index contributed by atoms with van der Waals surface area (Å²) in [6.07, 6.45) is 2.15. The van der Waals surface area contributed by atoms with Gasteiger partial charge < -0.3 is 5.32 Å². The number of thioether (sulfide) groups is 1. The van der Waals surface area contributed by atoms with Crippen LogP contribution >= 0.6 is 35.0 Å².